The smallest absolute Gasteiger partial charge is 0.253 e. The molecule has 1 aliphatic rings. The molecule has 1 N–H and O–H groups in total. The minimum absolute atomic E-state index is 0.200. The van der Waals surface area contributed by atoms with Gasteiger partial charge < -0.3 is 5.32 Å². The molecule has 4 rings (SSSR count). The molecular formula is C26H25Cl2FN2O. The van der Waals surface area contributed by atoms with Gasteiger partial charge in [-0.3, -0.25) is 9.69 Å². The first-order chi connectivity index (χ1) is 15.5. The average molecular weight is 471 g/mol. The van der Waals surface area contributed by atoms with Crippen LogP contribution in [-0.4, -0.2) is 23.9 Å². The molecule has 6 heteroatoms. The fourth-order valence-corrected chi connectivity index (χ4v) is 4.66. The van der Waals surface area contributed by atoms with E-state index in [0.29, 0.717) is 28.1 Å². The second-order valence-corrected chi connectivity index (χ2v) is 9.03. The molecule has 1 saturated heterocycles. The van der Waals surface area contributed by atoms with Gasteiger partial charge in [0.1, 0.15) is 5.82 Å². The highest BCUT2D eigenvalue weighted by atomic mass is 35.5. The number of hydrogen-bond acceptors (Lipinski definition) is 2. The summed E-state index contributed by atoms with van der Waals surface area (Å²) in [6, 6.07) is 19.9. The van der Waals surface area contributed by atoms with Crippen molar-refractivity contribution in [1.29, 1.82) is 0 Å². The molecule has 1 fully saturated rings. The van der Waals surface area contributed by atoms with Crippen LogP contribution in [0.25, 0.3) is 0 Å². The highest BCUT2D eigenvalue weighted by Crippen LogP contribution is 2.31. The minimum atomic E-state index is -0.235. The molecule has 32 heavy (non-hydrogen) atoms. The first kappa shape index (κ1) is 22.8. The molecule has 1 heterocycles. The van der Waals surface area contributed by atoms with Crippen molar-refractivity contribution >= 4 is 29.1 Å². The lowest BCUT2D eigenvalue weighted by Crippen LogP contribution is -2.33. The first-order valence-electron chi connectivity index (χ1n) is 10.8. The molecular weight excluding hydrogens is 446 g/mol. The third-order valence-corrected chi connectivity index (χ3v) is 6.58. The van der Waals surface area contributed by atoms with Gasteiger partial charge >= 0.3 is 0 Å². The maximum Gasteiger partial charge on any atom is 0.253 e. The van der Waals surface area contributed by atoms with E-state index in [9.17, 15) is 9.18 Å². The van der Waals surface area contributed by atoms with Gasteiger partial charge in [0.05, 0.1) is 10.6 Å². The van der Waals surface area contributed by atoms with Crippen LogP contribution >= 0.6 is 23.2 Å². The van der Waals surface area contributed by atoms with E-state index in [-0.39, 0.29) is 11.7 Å². The summed E-state index contributed by atoms with van der Waals surface area (Å²) in [6.07, 6.45) is 2.10. The first-order valence-corrected chi connectivity index (χ1v) is 11.5. The van der Waals surface area contributed by atoms with Crippen molar-refractivity contribution in [2.75, 3.05) is 13.1 Å². The van der Waals surface area contributed by atoms with E-state index < -0.39 is 0 Å². The number of nitrogens with one attached hydrogen (secondary N) is 1. The zero-order valence-corrected chi connectivity index (χ0v) is 19.2. The molecule has 166 valence electrons. The summed E-state index contributed by atoms with van der Waals surface area (Å²) in [7, 11) is 0. The van der Waals surface area contributed by atoms with Crippen molar-refractivity contribution in [3.8, 4) is 0 Å². The molecule has 0 bridgehead atoms. The Kier molecular flexibility index (Phi) is 7.46. The van der Waals surface area contributed by atoms with E-state index in [1.807, 2.05) is 18.2 Å². The third-order valence-electron chi connectivity index (χ3n) is 6.01. The normalized spacial score (nSPS) is 15.0. The van der Waals surface area contributed by atoms with E-state index in [1.54, 1.807) is 18.2 Å². The summed E-state index contributed by atoms with van der Waals surface area (Å²) in [4.78, 5) is 15.0. The molecule has 0 aliphatic carbocycles. The Balaban J connectivity index is 1.37. The second-order valence-electron chi connectivity index (χ2n) is 8.18. The highest BCUT2D eigenvalue weighted by Gasteiger charge is 2.23. The molecule has 0 atom stereocenters. The van der Waals surface area contributed by atoms with Crippen molar-refractivity contribution < 1.29 is 9.18 Å². The van der Waals surface area contributed by atoms with Gasteiger partial charge in [-0.05, 0) is 78.9 Å². The van der Waals surface area contributed by atoms with Gasteiger partial charge in [0.2, 0.25) is 0 Å². The largest absolute Gasteiger partial charge is 0.348 e. The molecule has 3 aromatic rings. The van der Waals surface area contributed by atoms with Gasteiger partial charge in [0.25, 0.3) is 5.91 Å². The SMILES string of the molecule is O=C(NCc1ccccc1C1CCN(Cc2ccc(F)cc2)CC1)c1cc(Cl)ccc1Cl. The number of amides is 1. The highest BCUT2D eigenvalue weighted by molar-refractivity contribution is 6.35. The Morgan fingerprint density at radius 2 is 1.72 bits per heavy atom. The van der Waals surface area contributed by atoms with Crippen molar-refractivity contribution in [2.45, 2.75) is 31.8 Å². The van der Waals surface area contributed by atoms with Gasteiger partial charge in [0.15, 0.2) is 0 Å². The predicted octanol–water partition coefficient (Wildman–Crippen LogP) is 6.44. The topological polar surface area (TPSA) is 32.3 Å². The summed E-state index contributed by atoms with van der Waals surface area (Å²) in [5.41, 5.74) is 3.92. The van der Waals surface area contributed by atoms with Gasteiger partial charge in [-0.25, -0.2) is 4.39 Å². The van der Waals surface area contributed by atoms with E-state index in [2.05, 4.69) is 28.4 Å². The van der Waals surface area contributed by atoms with E-state index >= 15 is 0 Å². The predicted molar refractivity (Wildman–Crippen MR) is 128 cm³/mol. The number of benzene rings is 3. The lowest BCUT2D eigenvalue weighted by molar-refractivity contribution is 0.0951. The molecule has 1 amide bonds. The van der Waals surface area contributed by atoms with Crippen LogP contribution in [0.3, 0.4) is 0 Å². The Bertz CT molecular complexity index is 1080. The molecule has 1 aliphatic heterocycles. The van der Waals surface area contributed by atoms with Crippen molar-refractivity contribution in [3.63, 3.8) is 0 Å². The fourth-order valence-electron chi connectivity index (χ4n) is 4.29. The number of likely N-dealkylation sites (tertiary alicyclic amines) is 1. The van der Waals surface area contributed by atoms with Crippen LogP contribution < -0.4 is 5.32 Å². The molecule has 0 spiro atoms. The quantitative estimate of drug-likeness (QED) is 0.449. The van der Waals surface area contributed by atoms with Crippen molar-refractivity contribution in [3.05, 3.63) is 105 Å². The Morgan fingerprint density at radius 1 is 1.00 bits per heavy atom. The van der Waals surface area contributed by atoms with Crippen LogP contribution in [0.1, 0.15) is 45.8 Å². The molecule has 3 nitrogen and oxygen atoms in total. The van der Waals surface area contributed by atoms with E-state index in [0.717, 1.165) is 43.6 Å². The summed E-state index contributed by atoms with van der Waals surface area (Å²) in [6.45, 7) is 3.25. The number of carbonyl (C=O) groups is 1. The Morgan fingerprint density at radius 3 is 2.47 bits per heavy atom. The summed E-state index contributed by atoms with van der Waals surface area (Å²) in [5, 5.41) is 3.85. The molecule has 0 unspecified atom stereocenters. The number of piperidine rings is 1. The lowest BCUT2D eigenvalue weighted by Gasteiger charge is -2.33. The van der Waals surface area contributed by atoms with Crippen molar-refractivity contribution in [1.82, 2.24) is 10.2 Å². The van der Waals surface area contributed by atoms with Gasteiger partial charge in [-0.1, -0.05) is 59.6 Å². The molecule has 0 saturated carbocycles. The summed E-state index contributed by atoms with van der Waals surface area (Å²) >= 11 is 12.2. The van der Waals surface area contributed by atoms with Crippen LogP contribution in [0, 0.1) is 5.82 Å². The maximum absolute atomic E-state index is 13.1. The lowest BCUT2D eigenvalue weighted by atomic mass is 9.86. The zero-order chi connectivity index (χ0) is 22.5. The van der Waals surface area contributed by atoms with Crippen LogP contribution in [0.4, 0.5) is 4.39 Å². The Labute approximate surface area is 198 Å². The third kappa shape index (κ3) is 5.69. The molecule has 0 aromatic heterocycles. The number of halogens is 3. The number of hydrogen-bond donors (Lipinski definition) is 1. The number of carbonyl (C=O) groups excluding carboxylic acids is 1. The maximum atomic E-state index is 13.1. The fraction of sp³-hybridized carbons (Fsp3) is 0.269. The minimum Gasteiger partial charge on any atom is -0.348 e. The number of rotatable bonds is 6. The molecule has 0 radical (unpaired) electrons. The van der Waals surface area contributed by atoms with Gasteiger partial charge in [-0.15, -0.1) is 0 Å². The summed E-state index contributed by atoms with van der Waals surface area (Å²) in [5.74, 6) is 0.0116. The average Bonchev–Trinajstić information content (AvgIpc) is 2.81. The summed E-state index contributed by atoms with van der Waals surface area (Å²) < 4.78 is 13.1. The standard InChI is InChI=1S/C26H25Cl2FN2O/c27-21-7-10-25(28)24(15-21)26(32)30-16-20-3-1-2-4-23(20)19-11-13-31(14-12-19)17-18-5-8-22(29)9-6-18/h1-10,15,19H,11-14,16-17H2,(H,30,32). The second kappa shape index (κ2) is 10.5. The van der Waals surface area contributed by atoms with E-state index in [1.165, 1.54) is 17.7 Å². The van der Waals surface area contributed by atoms with Crippen LogP contribution in [-0.2, 0) is 13.1 Å². The van der Waals surface area contributed by atoms with Crippen molar-refractivity contribution in [2.24, 2.45) is 0 Å². The van der Waals surface area contributed by atoms with Crippen LogP contribution in [0.15, 0.2) is 66.7 Å². The monoisotopic (exact) mass is 470 g/mol. The van der Waals surface area contributed by atoms with E-state index in [4.69, 9.17) is 23.2 Å². The van der Waals surface area contributed by atoms with Crippen LogP contribution in [0.2, 0.25) is 10.0 Å². The van der Waals surface area contributed by atoms with Crippen LogP contribution in [0.5, 0.6) is 0 Å². The number of nitrogens with zero attached hydrogens (tertiary/aromatic N) is 1. The Hall–Kier alpha value is -2.40. The van der Waals surface area contributed by atoms with Gasteiger partial charge in [0, 0.05) is 18.1 Å². The van der Waals surface area contributed by atoms with Gasteiger partial charge in [-0.2, -0.15) is 0 Å². The zero-order valence-electron chi connectivity index (χ0n) is 17.7. The molecule has 3 aromatic carbocycles.